The number of carbonyl (C=O) groups excluding carboxylic acids is 1. The van der Waals surface area contributed by atoms with Crippen molar-refractivity contribution in [3.63, 3.8) is 0 Å². The van der Waals surface area contributed by atoms with Gasteiger partial charge >= 0.3 is 6.18 Å². The molecule has 1 atom stereocenters. The summed E-state index contributed by atoms with van der Waals surface area (Å²) >= 11 is 0. The molecule has 0 saturated heterocycles. The zero-order valence-electron chi connectivity index (χ0n) is 10.7. The van der Waals surface area contributed by atoms with E-state index >= 15 is 0 Å². The molecule has 0 aliphatic carbocycles. The van der Waals surface area contributed by atoms with Crippen LogP contribution >= 0.6 is 0 Å². The highest BCUT2D eigenvalue weighted by molar-refractivity contribution is 5.71. The number of carbonyl (C=O) groups is 1. The molecule has 0 aliphatic rings. The van der Waals surface area contributed by atoms with Crippen molar-refractivity contribution in [2.75, 3.05) is 11.9 Å². The summed E-state index contributed by atoms with van der Waals surface area (Å²) < 4.78 is 38.2. The van der Waals surface area contributed by atoms with E-state index in [0.717, 1.165) is 6.20 Å². The van der Waals surface area contributed by atoms with Crippen molar-refractivity contribution in [2.45, 2.75) is 26.1 Å². The van der Waals surface area contributed by atoms with Crippen LogP contribution in [-0.4, -0.2) is 28.8 Å². The fourth-order valence-electron chi connectivity index (χ4n) is 1.36. The van der Waals surface area contributed by atoms with Crippen molar-refractivity contribution in [1.29, 1.82) is 0 Å². The van der Waals surface area contributed by atoms with Gasteiger partial charge in [0.15, 0.2) is 0 Å². The number of nitrogens with one attached hydrogen (secondary N) is 3. The minimum absolute atomic E-state index is 0.0936. The predicted molar refractivity (Wildman–Crippen MR) is 62.7 cm³/mol. The lowest BCUT2D eigenvalue weighted by atomic mass is 10.2. The molecular weight excluding hydrogens is 281 g/mol. The Morgan fingerprint density at radius 2 is 2.20 bits per heavy atom. The highest BCUT2D eigenvalue weighted by Gasteiger charge is 2.37. The Bertz CT molecular complexity index is 529. The van der Waals surface area contributed by atoms with Crippen LogP contribution in [0.2, 0.25) is 0 Å². The number of anilines is 1. The van der Waals surface area contributed by atoms with E-state index in [1.54, 1.807) is 5.10 Å². The van der Waals surface area contributed by atoms with Gasteiger partial charge in [-0.1, -0.05) is 0 Å². The van der Waals surface area contributed by atoms with Gasteiger partial charge in [-0.25, -0.2) is 10.6 Å². The molecule has 0 fully saturated rings. The van der Waals surface area contributed by atoms with E-state index in [9.17, 15) is 22.8 Å². The summed E-state index contributed by atoms with van der Waals surface area (Å²) in [5.41, 5.74) is -1.12. The number of aromatic amines is 1. The zero-order chi connectivity index (χ0) is 15.3. The molecule has 1 aromatic rings. The number of aromatic nitrogens is 2. The molecule has 20 heavy (non-hydrogen) atoms. The first-order valence-corrected chi connectivity index (χ1v) is 5.51. The normalized spacial score (nSPS) is 12.8. The summed E-state index contributed by atoms with van der Waals surface area (Å²) in [4.78, 5) is 26.5. The first-order chi connectivity index (χ1) is 9.21. The molecule has 0 aliphatic heterocycles. The fraction of sp³-hybridized carbons (Fsp3) is 0.500. The van der Waals surface area contributed by atoms with Gasteiger partial charge in [0.1, 0.15) is 5.56 Å². The van der Waals surface area contributed by atoms with Gasteiger partial charge in [0, 0.05) is 13.0 Å². The molecule has 0 aromatic carbocycles. The van der Waals surface area contributed by atoms with Gasteiger partial charge in [0.25, 0.3) is 5.56 Å². The largest absolute Gasteiger partial charge is 0.423 e. The number of nitrogens with zero attached hydrogens (tertiary/aromatic N) is 1. The number of hydroxylamine groups is 1. The predicted octanol–water partition coefficient (Wildman–Crippen LogP) is 0.657. The quantitative estimate of drug-likeness (QED) is 0.693. The Hall–Kier alpha value is -2.10. The van der Waals surface area contributed by atoms with Crippen molar-refractivity contribution in [1.82, 2.24) is 15.7 Å². The van der Waals surface area contributed by atoms with Crippen molar-refractivity contribution in [3.05, 3.63) is 22.1 Å². The van der Waals surface area contributed by atoms with Crippen LogP contribution in [0, 0.1) is 0 Å². The average molecular weight is 294 g/mol. The third-order valence-corrected chi connectivity index (χ3v) is 2.09. The molecule has 0 radical (unpaired) electrons. The third-order valence-electron chi connectivity index (χ3n) is 2.09. The number of rotatable bonds is 5. The number of alkyl halides is 3. The SMILES string of the molecule is CC(=O)NOCC(C)Nc1cn[nH]c(=O)c1C(F)(F)F. The molecule has 1 unspecified atom stereocenters. The van der Waals surface area contributed by atoms with Crippen LogP contribution in [0.25, 0.3) is 0 Å². The number of amides is 1. The van der Waals surface area contributed by atoms with Crippen molar-refractivity contribution in [3.8, 4) is 0 Å². The standard InChI is InChI=1S/C10H13F3N4O3/c1-5(4-20-17-6(2)18)15-7-3-14-16-9(19)8(7)10(11,12)13/h3,5H,4H2,1-2H3,(H,17,18)(H2,15,16,19). The van der Waals surface area contributed by atoms with Crippen LogP contribution in [0.5, 0.6) is 0 Å². The van der Waals surface area contributed by atoms with Crippen LogP contribution in [0.15, 0.2) is 11.0 Å². The van der Waals surface area contributed by atoms with Gasteiger partial charge in [0.05, 0.1) is 18.5 Å². The second kappa shape index (κ2) is 6.37. The lowest BCUT2D eigenvalue weighted by molar-refractivity contribution is -0.138. The monoisotopic (exact) mass is 294 g/mol. The number of hydrogen-bond donors (Lipinski definition) is 3. The van der Waals surface area contributed by atoms with Crippen LogP contribution in [-0.2, 0) is 15.8 Å². The maximum Gasteiger partial charge on any atom is 0.423 e. The minimum atomic E-state index is -4.81. The smallest absolute Gasteiger partial charge is 0.378 e. The summed E-state index contributed by atoms with van der Waals surface area (Å²) in [6, 6.07) is -0.591. The molecule has 0 saturated carbocycles. The Morgan fingerprint density at radius 1 is 1.55 bits per heavy atom. The van der Waals surface area contributed by atoms with Gasteiger partial charge in [-0.05, 0) is 6.92 Å². The maximum atomic E-state index is 12.7. The molecule has 7 nitrogen and oxygen atoms in total. The summed E-state index contributed by atoms with van der Waals surface area (Å²) in [7, 11) is 0. The molecule has 1 aromatic heterocycles. The van der Waals surface area contributed by atoms with Crippen molar-refractivity contribution < 1.29 is 22.8 Å². The molecule has 3 N–H and O–H groups in total. The van der Waals surface area contributed by atoms with Gasteiger partial charge in [-0.15, -0.1) is 0 Å². The molecule has 1 rings (SSSR count). The highest BCUT2D eigenvalue weighted by Crippen LogP contribution is 2.31. The van der Waals surface area contributed by atoms with E-state index in [0.29, 0.717) is 0 Å². The first kappa shape index (κ1) is 16.0. The maximum absolute atomic E-state index is 12.7. The second-order valence-corrected chi connectivity index (χ2v) is 4.00. The molecule has 1 heterocycles. The van der Waals surface area contributed by atoms with E-state index in [2.05, 4.69) is 10.4 Å². The summed E-state index contributed by atoms with van der Waals surface area (Å²) in [6.07, 6.45) is -3.95. The third kappa shape index (κ3) is 4.53. The summed E-state index contributed by atoms with van der Waals surface area (Å²) in [6.45, 7) is 2.65. The lowest BCUT2D eigenvalue weighted by Gasteiger charge is -2.17. The van der Waals surface area contributed by atoms with E-state index < -0.39 is 34.9 Å². The van der Waals surface area contributed by atoms with Crippen LogP contribution < -0.4 is 16.4 Å². The van der Waals surface area contributed by atoms with Gasteiger partial charge in [-0.2, -0.15) is 18.3 Å². The topological polar surface area (TPSA) is 96.1 Å². The van der Waals surface area contributed by atoms with Gasteiger partial charge in [-0.3, -0.25) is 14.4 Å². The molecule has 10 heteroatoms. The number of halogens is 3. The van der Waals surface area contributed by atoms with E-state index in [1.807, 2.05) is 5.48 Å². The van der Waals surface area contributed by atoms with Crippen molar-refractivity contribution in [2.24, 2.45) is 0 Å². The zero-order valence-corrected chi connectivity index (χ0v) is 10.7. The molecular formula is C10H13F3N4O3. The second-order valence-electron chi connectivity index (χ2n) is 4.00. The van der Waals surface area contributed by atoms with Crippen LogP contribution in [0.1, 0.15) is 19.4 Å². The Kier molecular flexibility index (Phi) is 5.08. The Labute approximate surface area is 111 Å². The van der Waals surface area contributed by atoms with E-state index in [4.69, 9.17) is 4.84 Å². The fourth-order valence-corrected chi connectivity index (χ4v) is 1.36. The molecule has 0 spiro atoms. The minimum Gasteiger partial charge on any atom is -0.378 e. The van der Waals surface area contributed by atoms with Crippen LogP contribution in [0.3, 0.4) is 0 Å². The highest BCUT2D eigenvalue weighted by atomic mass is 19.4. The van der Waals surface area contributed by atoms with E-state index in [-0.39, 0.29) is 6.61 Å². The number of hydrogen-bond acceptors (Lipinski definition) is 5. The molecule has 112 valence electrons. The van der Waals surface area contributed by atoms with Crippen LogP contribution in [0.4, 0.5) is 18.9 Å². The molecule has 1 amide bonds. The Morgan fingerprint density at radius 3 is 2.75 bits per heavy atom. The van der Waals surface area contributed by atoms with Gasteiger partial charge in [0.2, 0.25) is 5.91 Å². The summed E-state index contributed by atoms with van der Waals surface area (Å²) in [5, 5.41) is 7.49. The van der Waals surface area contributed by atoms with Gasteiger partial charge < -0.3 is 5.32 Å². The average Bonchev–Trinajstić information content (AvgIpc) is 2.26. The summed E-state index contributed by atoms with van der Waals surface area (Å²) in [5.74, 6) is -0.439. The van der Waals surface area contributed by atoms with Crippen molar-refractivity contribution >= 4 is 11.6 Å². The van der Waals surface area contributed by atoms with E-state index in [1.165, 1.54) is 13.8 Å². The Balaban J connectivity index is 2.80. The molecule has 0 bridgehead atoms. The number of H-pyrrole nitrogens is 1. The lowest BCUT2D eigenvalue weighted by Crippen LogP contribution is -2.31. The first-order valence-electron chi connectivity index (χ1n) is 5.51.